The van der Waals surface area contributed by atoms with Gasteiger partial charge in [0.1, 0.15) is 17.0 Å². The summed E-state index contributed by atoms with van der Waals surface area (Å²) in [5.74, 6) is -0.921. The average molecular weight is 472 g/mol. The quantitative estimate of drug-likeness (QED) is 0.256. The van der Waals surface area contributed by atoms with E-state index >= 15 is 0 Å². The van der Waals surface area contributed by atoms with Crippen molar-refractivity contribution < 1.29 is 14.3 Å². The number of nitrogens with zero attached hydrogens (tertiary/aromatic N) is 3. The fourth-order valence-corrected chi connectivity index (χ4v) is 5.05. The number of allylic oxidation sites excluding steroid dienone is 1. The highest BCUT2D eigenvalue weighted by atomic mass is 32.1. The fraction of sp³-hybridized carbons (Fsp3) is 0.259. The zero-order valence-corrected chi connectivity index (χ0v) is 20.7. The van der Waals surface area contributed by atoms with Gasteiger partial charge in [0.05, 0.1) is 17.7 Å². The first-order valence-corrected chi connectivity index (χ1v) is 11.6. The highest BCUT2D eigenvalue weighted by Gasteiger charge is 2.23. The van der Waals surface area contributed by atoms with E-state index in [9.17, 15) is 20.1 Å². The highest BCUT2D eigenvalue weighted by Crippen LogP contribution is 2.30. The summed E-state index contributed by atoms with van der Waals surface area (Å²) in [7, 11) is 0. The molecule has 172 valence electrons. The van der Waals surface area contributed by atoms with Crippen LogP contribution in [0.3, 0.4) is 0 Å². The zero-order valence-electron chi connectivity index (χ0n) is 19.9. The molecule has 0 fully saturated rings. The molecule has 0 amide bonds. The minimum absolute atomic E-state index is 0.00267. The molecule has 7 heteroatoms. The largest absolute Gasteiger partial charge is 0.462 e. The van der Waals surface area contributed by atoms with Gasteiger partial charge in [0.25, 0.3) is 0 Å². The van der Waals surface area contributed by atoms with Crippen molar-refractivity contribution in [3.63, 3.8) is 0 Å². The van der Waals surface area contributed by atoms with Gasteiger partial charge >= 0.3 is 5.97 Å². The Morgan fingerprint density at radius 3 is 2.50 bits per heavy atom. The Morgan fingerprint density at radius 1 is 1.15 bits per heavy atom. The fourth-order valence-electron chi connectivity index (χ4n) is 3.91. The minimum Gasteiger partial charge on any atom is -0.462 e. The maximum atomic E-state index is 13.0. The molecule has 0 spiro atoms. The third-order valence-electron chi connectivity index (χ3n) is 5.56. The van der Waals surface area contributed by atoms with Crippen molar-refractivity contribution in [3.05, 3.63) is 79.3 Å². The lowest BCUT2D eigenvalue weighted by Gasteiger charge is -2.10. The molecular weight excluding hydrogens is 446 g/mol. The maximum Gasteiger partial charge on any atom is 0.348 e. The van der Waals surface area contributed by atoms with Gasteiger partial charge < -0.3 is 9.30 Å². The predicted molar refractivity (Wildman–Crippen MR) is 132 cm³/mol. The number of hydrogen-bond acceptors (Lipinski definition) is 6. The van der Waals surface area contributed by atoms with Crippen LogP contribution in [-0.4, -0.2) is 22.9 Å². The Morgan fingerprint density at radius 2 is 1.88 bits per heavy atom. The molecule has 0 saturated carbocycles. The van der Waals surface area contributed by atoms with Gasteiger partial charge in [-0.15, -0.1) is 11.3 Å². The Labute approximate surface area is 203 Å². The number of ketones is 1. The van der Waals surface area contributed by atoms with Gasteiger partial charge in [-0.2, -0.15) is 10.5 Å². The number of benzene rings is 1. The van der Waals surface area contributed by atoms with Crippen LogP contribution in [0.25, 0.3) is 11.8 Å². The summed E-state index contributed by atoms with van der Waals surface area (Å²) >= 11 is 1.07. The smallest absolute Gasteiger partial charge is 0.348 e. The summed E-state index contributed by atoms with van der Waals surface area (Å²) in [4.78, 5) is 26.0. The zero-order chi connectivity index (χ0) is 25.0. The molecule has 1 aromatic carbocycles. The summed E-state index contributed by atoms with van der Waals surface area (Å²) in [6, 6.07) is 14.1. The van der Waals surface area contributed by atoms with Gasteiger partial charge in [-0.25, -0.2) is 4.79 Å². The van der Waals surface area contributed by atoms with E-state index in [0.717, 1.165) is 39.5 Å². The van der Waals surface area contributed by atoms with Crippen molar-refractivity contribution in [2.75, 3.05) is 6.61 Å². The molecule has 3 rings (SSSR count). The molecule has 6 nitrogen and oxygen atoms in total. The number of ether oxygens (including phenoxy) is 1. The molecule has 0 radical (unpaired) electrons. The Bertz CT molecular complexity index is 1390. The standard InChI is InChI=1S/C27H25N3O3S/c1-6-33-27(32)26-18(4)23(15-29)25(34-26)13-24(31)21(14-28)12-20-11-17(3)30(19(20)5)22-9-7-8-16(2)10-22/h7-12H,6,13H2,1-5H3/b21-12-. The topological polar surface area (TPSA) is 95.9 Å². The Hall–Kier alpha value is -3.94. The number of rotatable bonds is 7. The van der Waals surface area contributed by atoms with Crippen molar-refractivity contribution >= 4 is 29.2 Å². The second-order valence-electron chi connectivity index (χ2n) is 7.96. The molecule has 0 bridgehead atoms. The lowest BCUT2D eigenvalue weighted by Crippen LogP contribution is -2.05. The summed E-state index contributed by atoms with van der Waals surface area (Å²) in [6.45, 7) is 9.54. The van der Waals surface area contributed by atoms with E-state index < -0.39 is 11.8 Å². The third-order valence-corrected chi connectivity index (χ3v) is 6.84. The first-order valence-electron chi connectivity index (χ1n) is 10.8. The first-order chi connectivity index (χ1) is 16.2. The molecule has 0 aliphatic carbocycles. The number of carbonyl (C=O) groups excluding carboxylic acids is 2. The van der Waals surface area contributed by atoms with Crippen LogP contribution in [0.5, 0.6) is 0 Å². The monoisotopic (exact) mass is 471 g/mol. The highest BCUT2D eigenvalue weighted by molar-refractivity contribution is 7.14. The van der Waals surface area contributed by atoms with Crippen LogP contribution in [0.1, 0.15) is 55.1 Å². The SMILES string of the molecule is CCOC(=O)c1sc(CC(=O)/C(C#N)=C\c2cc(C)n(-c3cccc(C)c3)c2C)c(C#N)c1C. The van der Waals surface area contributed by atoms with Gasteiger partial charge in [-0.1, -0.05) is 12.1 Å². The second kappa shape index (κ2) is 10.3. The van der Waals surface area contributed by atoms with E-state index in [4.69, 9.17) is 4.74 Å². The van der Waals surface area contributed by atoms with Crippen LogP contribution < -0.4 is 0 Å². The number of Topliss-reactive ketones (excluding diaryl/α,β-unsaturated/α-hetero) is 1. The third kappa shape index (κ3) is 4.85. The molecule has 2 aromatic heterocycles. The number of carbonyl (C=O) groups is 2. The molecule has 3 aromatic rings. The molecule has 0 atom stereocenters. The first kappa shape index (κ1) is 24.7. The molecule has 0 unspecified atom stereocenters. The van der Waals surface area contributed by atoms with Crippen LogP contribution >= 0.6 is 11.3 Å². The number of thiophene rings is 1. The number of aryl methyl sites for hydroxylation is 2. The van der Waals surface area contributed by atoms with E-state index in [1.807, 2.05) is 51.1 Å². The van der Waals surface area contributed by atoms with Crippen LogP contribution in [-0.2, 0) is 16.0 Å². The second-order valence-corrected chi connectivity index (χ2v) is 9.06. The van der Waals surface area contributed by atoms with Crippen molar-refractivity contribution in [1.29, 1.82) is 10.5 Å². The van der Waals surface area contributed by atoms with Crippen LogP contribution in [0.4, 0.5) is 0 Å². The lowest BCUT2D eigenvalue weighted by atomic mass is 10.0. The van der Waals surface area contributed by atoms with E-state index in [1.165, 1.54) is 0 Å². The minimum atomic E-state index is -0.514. The molecule has 34 heavy (non-hydrogen) atoms. The number of hydrogen-bond donors (Lipinski definition) is 0. The molecule has 0 N–H and O–H groups in total. The summed E-state index contributed by atoms with van der Waals surface area (Å²) in [5.41, 5.74) is 5.61. The lowest BCUT2D eigenvalue weighted by molar-refractivity contribution is -0.114. The van der Waals surface area contributed by atoms with Crippen molar-refractivity contribution in [2.24, 2.45) is 0 Å². The van der Waals surface area contributed by atoms with Crippen molar-refractivity contribution in [2.45, 2.75) is 41.0 Å². The molecular formula is C27H25N3O3S. The van der Waals surface area contributed by atoms with Gasteiger partial charge in [0, 0.05) is 28.4 Å². The van der Waals surface area contributed by atoms with Crippen LogP contribution in [0.2, 0.25) is 0 Å². The summed E-state index contributed by atoms with van der Waals surface area (Å²) < 4.78 is 7.14. The summed E-state index contributed by atoms with van der Waals surface area (Å²) in [5, 5.41) is 19.3. The maximum absolute atomic E-state index is 13.0. The summed E-state index contributed by atoms with van der Waals surface area (Å²) in [6.07, 6.45) is 1.46. The van der Waals surface area contributed by atoms with Crippen LogP contribution in [0.15, 0.2) is 35.9 Å². The van der Waals surface area contributed by atoms with Gasteiger partial charge in [-0.3, -0.25) is 4.79 Å². The number of nitriles is 2. The molecule has 2 heterocycles. The molecule has 0 aliphatic rings. The van der Waals surface area contributed by atoms with Crippen molar-refractivity contribution in [3.8, 4) is 17.8 Å². The van der Waals surface area contributed by atoms with E-state index in [0.29, 0.717) is 15.3 Å². The van der Waals surface area contributed by atoms with Crippen molar-refractivity contribution in [1.82, 2.24) is 4.57 Å². The Balaban J connectivity index is 1.95. The van der Waals surface area contributed by atoms with Gasteiger partial charge in [0.15, 0.2) is 5.78 Å². The van der Waals surface area contributed by atoms with E-state index in [-0.39, 0.29) is 24.2 Å². The number of esters is 1. The molecule has 0 aliphatic heterocycles. The predicted octanol–water partition coefficient (Wildman–Crippen LogP) is 5.54. The van der Waals surface area contributed by atoms with E-state index in [1.54, 1.807) is 19.9 Å². The normalized spacial score (nSPS) is 11.1. The van der Waals surface area contributed by atoms with Crippen LogP contribution in [0, 0.1) is 50.4 Å². The number of aromatic nitrogens is 1. The average Bonchev–Trinajstić information content (AvgIpc) is 3.26. The molecule has 0 saturated heterocycles. The Kier molecular flexibility index (Phi) is 7.50. The van der Waals surface area contributed by atoms with E-state index in [2.05, 4.69) is 16.7 Å². The van der Waals surface area contributed by atoms with Gasteiger partial charge in [-0.05, 0) is 75.6 Å². The van der Waals surface area contributed by atoms with Gasteiger partial charge in [0.2, 0.25) is 0 Å².